The average Bonchev–Trinajstić information content (AvgIpc) is 2.99. The van der Waals surface area contributed by atoms with E-state index < -0.39 is 0 Å². The van der Waals surface area contributed by atoms with Crippen molar-refractivity contribution in [2.45, 2.75) is 38.8 Å². The van der Waals surface area contributed by atoms with E-state index in [0.717, 1.165) is 25.7 Å². The summed E-state index contributed by atoms with van der Waals surface area (Å²) in [7, 11) is 2.17. The zero-order valence-electron chi connectivity index (χ0n) is 9.70. The van der Waals surface area contributed by atoms with E-state index >= 15 is 0 Å². The van der Waals surface area contributed by atoms with Crippen LogP contribution >= 0.6 is 0 Å². The van der Waals surface area contributed by atoms with Gasteiger partial charge in [0.25, 0.3) is 0 Å². The molecule has 0 radical (unpaired) electrons. The van der Waals surface area contributed by atoms with E-state index in [2.05, 4.69) is 18.9 Å². The van der Waals surface area contributed by atoms with Gasteiger partial charge in [-0.2, -0.15) is 0 Å². The van der Waals surface area contributed by atoms with E-state index in [4.69, 9.17) is 10.5 Å². The van der Waals surface area contributed by atoms with Crippen molar-refractivity contribution in [3.05, 3.63) is 0 Å². The Balaban J connectivity index is 2.32. The van der Waals surface area contributed by atoms with Gasteiger partial charge in [-0.3, -0.25) is 4.90 Å². The molecule has 0 saturated heterocycles. The monoisotopic (exact) mass is 200 g/mol. The van der Waals surface area contributed by atoms with E-state index in [-0.39, 0.29) is 0 Å². The van der Waals surface area contributed by atoms with Crippen LogP contribution in [0.4, 0.5) is 0 Å². The van der Waals surface area contributed by atoms with Gasteiger partial charge in [-0.05, 0) is 39.7 Å². The summed E-state index contributed by atoms with van der Waals surface area (Å²) in [4.78, 5) is 2.38. The van der Waals surface area contributed by atoms with Crippen molar-refractivity contribution in [2.24, 2.45) is 11.7 Å². The number of hydrogen-bond acceptors (Lipinski definition) is 3. The highest BCUT2D eigenvalue weighted by Crippen LogP contribution is 2.35. The molecule has 0 heterocycles. The van der Waals surface area contributed by atoms with Crippen LogP contribution in [0.5, 0.6) is 0 Å². The largest absolute Gasteiger partial charge is 0.380 e. The van der Waals surface area contributed by atoms with Gasteiger partial charge in [-0.15, -0.1) is 0 Å². The van der Waals surface area contributed by atoms with E-state index in [9.17, 15) is 0 Å². The first-order valence-electron chi connectivity index (χ1n) is 5.70. The van der Waals surface area contributed by atoms with Crippen LogP contribution in [0.1, 0.15) is 26.7 Å². The van der Waals surface area contributed by atoms with Gasteiger partial charge in [0, 0.05) is 25.2 Å². The summed E-state index contributed by atoms with van der Waals surface area (Å²) in [6.45, 7) is 6.64. The molecule has 14 heavy (non-hydrogen) atoms. The van der Waals surface area contributed by atoms with Crippen molar-refractivity contribution in [2.75, 3.05) is 26.8 Å². The molecule has 1 aliphatic carbocycles. The minimum Gasteiger partial charge on any atom is -0.380 e. The highest BCUT2D eigenvalue weighted by molar-refractivity contribution is 4.89. The lowest BCUT2D eigenvalue weighted by atomic mass is 10.1. The van der Waals surface area contributed by atoms with E-state index in [1.165, 1.54) is 12.8 Å². The molecule has 0 aromatic carbocycles. The van der Waals surface area contributed by atoms with Crippen molar-refractivity contribution < 1.29 is 4.74 Å². The first-order chi connectivity index (χ1) is 6.70. The molecule has 3 heteroatoms. The minimum absolute atomic E-state index is 0.476. The summed E-state index contributed by atoms with van der Waals surface area (Å²) in [6.07, 6.45) is 2.71. The van der Waals surface area contributed by atoms with Crippen LogP contribution in [0.2, 0.25) is 0 Å². The lowest BCUT2D eigenvalue weighted by Gasteiger charge is -2.32. The molecule has 1 saturated carbocycles. The van der Waals surface area contributed by atoms with E-state index in [1.54, 1.807) is 0 Å². The zero-order chi connectivity index (χ0) is 10.6. The lowest BCUT2D eigenvalue weighted by Crippen LogP contribution is -2.46. The highest BCUT2D eigenvalue weighted by atomic mass is 16.5. The molecule has 0 spiro atoms. The molecule has 1 rings (SSSR count). The second-order valence-corrected chi connectivity index (χ2v) is 4.31. The second-order valence-electron chi connectivity index (χ2n) is 4.31. The molecule has 1 fully saturated rings. The summed E-state index contributed by atoms with van der Waals surface area (Å²) in [5, 5.41) is 0. The quantitative estimate of drug-likeness (QED) is 0.668. The Labute approximate surface area is 87.6 Å². The fourth-order valence-corrected chi connectivity index (χ4v) is 1.91. The SMILES string of the molecule is CCOCC(C)N(C)C(CN)C1CC1. The molecular weight excluding hydrogens is 176 g/mol. The third kappa shape index (κ3) is 3.23. The number of ether oxygens (including phenoxy) is 1. The third-order valence-electron chi connectivity index (χ3n) is 3.19. The van der Waals surface area contributed by atoms with Crippen LogP contribution in [0, 0.1) is 5.92 Å². The van der Waals surface area contributed by atoms with Crippen molar-refractivity contribution in [1.29, 1.82) is 0 Å². The Bertz CT molecular complexity index is 159. The fourth-order valence-electron chi connectivity index (χ4n) is 1.91. The zero-order valence-corrected chi connectivity index (χ0v) is 9.70. The molecule has 0 amide bonds. The van der Waals surface area contributed by atoms with Crippen LogP contribution in [0.15, 0.2) is 0 Å². The van der Waals surface area contributed by atoms with Gasteiger partial charge in [0.2, 0.25) is 0 Å². The molecule has 2 atom stereocenters. The summed E-state index contributed by atoms with van der Waals surface area (Å²) in [5.74, 6) is 0.842. The normalized spacial score (nSPS) is 21.2. The van der Waals surface area contributed by atoms with Crippen molar-refractivity contribution in [3.8, 4) is 0 Å². The summed E-state index contributed by atoms with van der Waals surface area (Å²) in [6, 6.07) is 1.04. The summed E-state index contributed by atoms with van der Waals surface area (Å²) < 4.78 is 5.43. The van der Waals surface area contributed by atoms with Gasteiger partial charge in [0.15, 0.2) is 0 Å². The van der Waals surface area contributed by atoms with Gasteiger partial charge in [-0.1, -0.05) is 0 Å². The molecule has 1 aliphatic rings. The smallest absolute Gasteiger partial charge is 0.0618 e. The van der Waals surface area contributed by atoms with Crippen LogP contribution in [-0.4, -0.2) is 43.8 Å². The topological polar surface area (TPSA) is 38.5 Å². The first kappa shape index (κ1) is 12.0. The maximum absolute atomic E-state index is 5.80. The number of rotatable bonds is 7. The third-order valence-corrected chi connectivity index (χ3v) is 3.19. The molecule has 0 aliphatic heterocycles. The van der Waals surface area contributed by atoms with Crippen LogP contribution < -0.4 is 5.73 Å². The maximum atomic E-state index is 5.80. The predicted molar refractivity (Wildman–Crippen MR) is 59.3 cm³/mol. The van der Waals surface area contributed by atoms with Crippen LogP contribution in [0.25, 0.3) is 0 Å². The standard InChI is InChI=1S/C11H24N2O/c1-4-14-8-9(2)13(3)11(7-12)10-5-6-10/h9-11H,4-8,12H2,1-3H3. The Hall–Kier alpha value is -0.120. The summed E-state index contributed by atoms with van der Waals surface area (Å²) >= 11 is 0. The van der Waals surface area contributed by atoms with Gasteiger partial charge >= 0.3 is 0 Å². The molecule has 2 unspecified atom stereocenters. The molecule has 3 nitrogen and oxygen atoms in total. The number of nitrogens with zero attached hydrogens (tertiary/aromatic N) is 1. The first-order valence-corrected chi connectivity index (χ1v) is 5.70. The lowest BCUT2D eigenvalue weighted by molar-refractivity contribution is 0.0625. The Morgan fingerprint density at radius 1 is 1.50 bits per heavy atom. The van der Waals surface area contributed by atoms with Gasteiger partial charge < -0.3 is 10.5 Å². The minimum atomic E-state index is 0.476. The Morgan fingerprint density at radius 3 is 2.57 bits per heavy atom. The maximum Gasteiger partial charge on any atom is 0.0618 e. The van der Waals surface area contributed by atoms with Gasteiger partial charge in [0.05, 0.1) is 6.61 Å². The molecule has 2 N–H and O–H groups in total. The second kappa shape index (κ2) is 5.69. The molecule has 0 aromatic rings. The molecule has 84 valence electrons. The van der Waals surface area contributed by atoms with Crippen molar-refractivity contribution in [3.63, 3.8) is 0 Å². The number of hydrogen-bond donors (Lipinski definition) is 1. The number of nitrogens with two attached hydrogens (primary N) is 1. The van der Waals surface area contributed by atoms with Crippen molar-refractivity contribution >= 4 is 0 Å². The van der Waals surface area contributed by atoms with Crippen LogP contribution in [-0.2, 0) is 4.74 Å². The van der Waals surface area contributed by atoms with Gasteiger partial charge in [-0.25, -0.2) is 0 Å². The Kier molecular flexibility index (Phi) is 4.85. The average molecular weight is 200 g/mol. The summed E-state index contributed by atoms with van der Waals surface area (Å²) in [5.41, 5.74) is 5.80. The van der Waals surface area contributed by atoms with E-state index in [1.807, 2.05) is 6.92 Å². The Morgan fingerprint density at radius 2 is 2.14 bits per heavy atom. The fraction of sp³-hybridized carbons (Fsp3) is 1.00. The van der Waals surface area contributed by atoms with E-state index in [0.29, 0.717) is 12.1 Å². The molecular formula is C11H24N2O. The van der Waals surface area contributed by atoms with Crippen molar-refractivity contribution in [1.82, 2.24) is 4.90 Å². The molecule has 0 aromatic heterocycles. The van der Waals surface area contributed by atoms with Gasteiger partial charge in [0.1, 0.15) is 0 Å². The highest BCUT2D eigenvalue weighted by Gasteiger charge is 2.34. The van der Waals surface area contributed by atoms with Crippen LogP contribution in [0.3, 0.4) is 0 Å². The number of likely N-dealkylation sites (N-methyl/N-ethyl adjacent to an activating group) is 1. The predicted octanol–water partition coefficient (Wildman–Crippen LogP) is 1.08. The molecule has 0 bridgehead atoms.